The molecule has 1 unspecified atom stereocenters. The van der Waals surface area contributed by atoms with Gasteiger partial charge in [0.2, 0.25) is 5.91 Å². The molecule has 0 aliphatic carbocycles. The van der Waals surface area contributed by atoms with Gasteiger partial charge in [0.1, 0.15) is 11.3 Å². The van der Waals surface area contributed by atoms with Crippen LogP contribution in [0.3, 0.4) is 0 Å². The minimum absolute atomic E-state index is 0.0304. The first-order valence-corrected chi connectivity index (χ1v) is 9.99. The van der Waals surface area contributed by atoms with Crippen molar-refractivity contribution in [1.82, 2.24) is 19.9 Å². The average molecular weight is 382 g/mol. The summed E-state index contributed by atoms with van der Waals surface area (Å²) in [6.45, 7) is 5.73. The Morgan fingerprint density at radius 1 is 1.25 bits per heavy atom. The van der Waals surface area contributed by atoms with E-state index in [-0.39, 0.29) is 17.7 Å². The van der Waals surface area contributed by atoms with Crippen LogP contribution in [0.25, 0.3) is 0 Å². The molecule has 1 spiro atoms. The lowest BCUT2D eigenvalue weighted by molar-refractivity contribution is -0.146. The zero-order chi connectivity index (χ0) is 19.7. The topological polar surface area (TPSA) is 79.5 Å². The zero-order valence-electron chi connectivity index (χ0n) is 16.4. The van der Waals surface area contributed by atoms with Gasteiger partial charge in [-0.2, -0.15) is 0 Å². The summed E-state index contributed by atoms with van der Waals surface area (Å²) in [7, 11) is 0. The van der Waals surface area contributed by atoms with Crippen molar-refractivity contribution in [3.63, 3.8) is 0 Å². The monoisotopic (exact) mass is 382 g/mol. The molecule has 1 atom stereocenters. The standard InChI is InChI=1S/C21H26N4O3/c1-15(2)18-13-17(23-28-18)19(26)25-12-6-9-21(25)8-5-11-24(20(21)27)14-16-7-3-4-10-22-16/h3-4,7,10,13,15H,5-6,8-9,11-12,14H2,1-2H3. The number of pyridine rings is 1. The van der Waals surface area contributed by atoms with Crippen molar-refractivity contribution in [3.8, 4) is 0 Å². The Balaban J connectivity index is 1.57. The van der Waals surface area contributed by atoms with Gasteiger partial charge in [-0.3, -0.25) is 14.6 Å². The van der Waals surface area contributed by atoms with Gasteiger partial charge in [0.15, 0.2) is 5.69 Å². The molecule has 7 nitrogen and oxygen atoms in total. The first kappa shape index (κ1) is 18.7. The summed E-state index contributed by atoms with van der Waals surface area (Å²) in [4.78, 5) is 34.6. The quantitative estimate of drug-likeness (QED) is 0.812. The highest BCUT2D eigenvalue weighted by molar-refractivity contribution is 5.98. The molecule has 2 saturated heterocycles. The van der Waals surface area contributed by atoms with Gasteiger partial charge in [0.25, 0.3) is 5.91 Å². The van der Waals surface area contributed by atoms with E-state index < -0.39 is 5.54 Å². The van der Waals surface area contributed by atoms with Crippen LogP contribution in [-0.2, 0) is 11.3 Å². The molecule has 2 aliphatic rings. The first-order valence-electron chi connectivity index (χ1n) is 9.99. The minimum atomic E-state index is -0.763. The van der Waals surface area contributed by atoms with Crippen LogP contribution in [0.1, 0.15) is 67.4 Å². The second kappa shape index (κ2) is 7.37. The van der Waals surface area contributed by atoms with Crippen LogP contribution in [0.5, 0.6) is 0 Å². The number of amides is 2. The SMILES string of the molecule is CC(C)c1cc(C(=O)N2CCCC23CCCN(Cc2ccccn2)C3=O)no1. The smallest absolute Gasteiger partial charge is 0.276 e. The molecule has 148 valence electrons. The Morgan fingerprint density at radius 3 is 2.71 bits per heavy atom. The van der Waals surface area contributed by atoms with Crippen LogP contribution in [0.15, 0.2) is 35.0 Å². The second-order valence-corrected chi connectivity index (χ2v) is 8.01. The molecular formula is C21H26N4O3. The largest absolute Gasteiger partial charge is 0.360 e. The van der Waals surface area contributed by atoms with Crippen molar-refractivity contribution in [2.75, 3.05) is 13.1 Å². The summed E-state index contributed by atoms with van der Waals surface area (Å²) < 4.78 is 5.31. The molecule has 7 heteroatoms. The molecule has 4 heterocycles. The van der Waals surface area contributed by atoms with Gasteiger partial charge in [0, 0.05) is 31.3 Å². The maximum absolute atomic E-state index is 13.5. The van der Waals surface area contributed by atoms with Crippen molar-refractivity contribution in [3.05, 3.63) is 47.6 Å². The number of aromatic nitrogens is 2. The van der Waals surface area contributed by atoms with E-state index in [0.717, 1.165) is 18.5 Å². The lowest BCUT2D eigenvalue weighted by Gasteiger charge is -2.44. The summed E-state index contributed by atoms with van der Waals surface area (Å²) in [6.07, 6.45) is 4.83. The highest BCUT2D eigenvalue weighted by Gasteiger charge is 2.53. The molecule has 2 aromatic heterocycles. The molecule has 28 heavy (non-hydrogen) atoms. The molecule has 0 bridgehead atoms. The number of rotatable bonds is 4. The van der Waals surface area contributed by atoms with Gasteiger partial charge < -0.3 is 14.3 Å². The molecule has 0 saturated carbocycles. The molecule has 2 fully saturated rings. The number of carbonyl (C=O) groups excluding carboxylic acids is 2. The molecule has 0 aromatic carbocycles. The van der Waals surface area contributed by atoms with Crippen LogP contribution in [0.4, 0.5) is 0 Å². The molecule has 2 amide bonds. The summed E-state index contributed by atoms with van der Waals surface area (Å²) in [6, 6.07) is 7.42. The predicted octanol–water partition coefficient (Wildman–Crippen LogP) is 2.99. The summed E-state index contributed by atoms with van der Waals surface area (Å²) in [5, 5.41) is 3.97. The van der Waals surface area contributed by atoms with E-state index in [1.807, 2.05) is 36.9 Å². The van der Waals surface area contributed by atoms with Gasteiger partial charge >= 0.3 is 0 Å². The Bertz CT molecular complexity index is 864. The maximum atomic E-state index is 13.5. The van der Waals surface area contributed by atoms with E-state index in [9.17, 15) is 9.59 Å². The van der Waals surface area contributed by atoms with Gasteiger partial charge in [-0.15, -0.1) is 0 Å². The van der Waals surface area contributed by atoms with Crippen molar-refractivity contribution in [2.45, 2.75) is 57.5 Å². The lowest BCUT2D eigenvalue weighted by Crippen LogP contribution is -2.61. The molecule has 2 aromatic rings. The molecule has 0 radical (unpaired) electrons. The maximum Gasteiger partial charge on any atom is 0.276 e. The van der Waals surface area contributed by atoms with E-state index in [1.54, 1.807) is 17.2 Å². The van der Waals surface area contributed by atoms with Crippen LogP contribution in [-0.4, -0.2) is 50.4 Å². The highest BCUT2D eigenvalue weighted by atomic mass is 16.5. The second-order valence-electron chi connectivity index (χ2n) is 8.01. The van der Waals surface area contributed by atoms with E-state index in [2.05, 4.69) is 10.1 Å². The Kier molecular flexibility index (Phi) is 4.91. The number of carbonyl (C=O) groups is 2. The number of nitrogens with zero attached hydrogens (tertiary/aromatic N) is 4. The van der Waals surface area contributed by atoms with Gasteiger partial charge in [-0.05, 0) is 37.8 Å². The Morgan fingerprint density at radius 2 is 2.04 bits per heavy atom. The van der Waals surface area contributed by atoms with Crippen LogP contribution < -0.4 is 0 Å². The third kappa shape index (κ3) is 3.19. The lowest BCUT2D eigenvalue weighted by atomic mass is 9.85. The van der Waals surface area contributed by atoms with E-state index in [0.29, 0.717) is 43.9 Å². The highest BCUT2D eigenvalue weighted by Crippen LogP contribution is 2.39. The fourth-order valence-electron chi connectivity index (χ4n) is 4.36. The fraction of sp³-hybridized carbons (Fsp3) is 0.524. The van der Waals surface area contributed by atoms with Crippen LogP contribution in [0, 0.1) is 0 Å². The Labute approximate surface area is 164 Å². The third-order valence-electron chi connectivity index (χ3n) is 5.83. The number of hydrogen-bond acceptors (Lipinski definition) is 5. The molecular weight excluding hydrogens is 356 g/mol. The van der Waals surface area contributed by atoms with Crippen molar-refractivity contribution < 1.29 is 14.1 Å². The van der Waals surface area contributed by atoms with Crippen molar-refractivity contribution >= 4 is 11.8 Å². The summed E-state index contributed by atoms with van der Waals surface area (Å²) in [5.41, 5.74) is 0.391. The first-order chi connectivity index (χ1) is 13.5. The number of hydrogen-bond donors (Lipinski definition) is 0. The number of piperidine rings is 1. The minimum Gasteiger partial charge on any atom is -0.360 e. The Hall–Kier alpha value is -2.70. The summed E-state index contributed by atoms with van der Waals surface area (Å²) >= 11 is 0. The number of likely N-dealkylation sites (tertiary alicyclic amines) is 2. The van der Waals surface area contributed by atoms with E-state index in [1.165, 1.54) is 0 Å². The molecule has 0 N–H and O–H groups in total. The predicted molar refractivity (Wildman–Crippen MR) is 102 cm³/mol. The van der Waals surface area contributed by atoms with Gasteiger partial charge in [-0.25, -0.2) is 0 Å². The van der Waals surface area contributed by atoms with Gasteiger partial charge in [0.05, 0.1) is 12.2 Å². The van der Waals surface area contributed by atoms with Crippen LogP contribution >= 0.6 is 0 Å². The van der Waals surface area contributed by atoms with Crippen molar-refractivity contribution in [1.29, 1.82) is 0 Å². The average Bonchev–Trinajstić information content (AvgIpc) is 3.34. The molecule has 4 rings (SSSR count). The van der Waals surface area contributed by atoms with E-state index in [4.69, 9.17) is 4.52 Å². The zero-order valence-corrected chi connectivity index (χ0v) is 16.4. The van der Waals surface area contributed by atoms with Gasteiger partial charge in [-0.1, -0.05) is 25.1 Å². The third-order valence-corrected chi connectivity index (χ3v) is 5.83. The van der Waals surface area contributed by atoms with Crippen LogP contribution in [0.2, 0.25) is 0 Å². The summed E-state index contributed by atoms with van der Waals surface area (Å²) in [5.74, 6) is 0.666. The van der Waals surface area contributed by atoms with E-state index >= 15 is 0 Å². The van der Waals surface area contributed by atoms with Crippen molar-refractivity contribution in [2.24, 2.45) is 0 Å². The normalized spacial score (nSPS) is 22.5. The molecule has 2 aliphatic heterocycles. The fourth-order valence-corrected chi connectivity index (χ4v) is 4.36.